The Hall–Kier alpha value is -1.58. The van der Waals surface area contributed by atoms with E-state index in [0.717, 1.165) is 25.9 Å². The van der Waals surface area contributed by atoms with Crippen LogP contribution in [0.25, 0.3) is 0 Å². The van der Waals surface area contributed by atoms with Crippen LogP contribution in [0.2, 0.25) is 0 Å². The van der Waals surface area contributed by atoms with Crippen LogP contribution in [-0.2, 0) is 11.3 Å². The molecule has 1 aliphatic rings. The lowest BCUT2D eigenvalue weighted by molar-refractivity contribution is -0.122. The standard InChI is InChI=1S/C14H20N2O2/c1-12-7-14(2,9-15(8-12)11-17)10-16-6-4-3-5-13(16)18/h3-6,11-12H,7-10H2,1-2H3/t12?,14-/m0/s1. The number of carbonyl (C=O) groups excluding carboxylic acids is 1. The van der Waals surface area contributed by atoms with Crippen molar-refractivity contribution in [3.05, 3.63) is 34.7 Å². The molecule has 1 aliphatic heterocycles. The Morgan fingerprint density at radius 3 is 2.94 bits per heavy atom. The van der Waals surface area contributed by atoms with Gasteiger partial charge in [0.2, 0.25) is 6.41 Å². The van der Waals surface area contributed by atoms with E-state index >= 15 is 0 Å². The fourth-order valence-electron chi connectivity index (χ4n) is 3.12. The first kappa shape index (κ1) is 12.9. The molecular weight excluding hydrogens is 228 g/mol. The molecule has 1 fully saturated rings. The van der Waals surface area contributed by atoms with Crippen molar-refractivity contribution >= 4 is 6.41 Å². The van der Waals surface area contributed by atoms with Crippen molar-refractivity contribution in [1.82, 2.24) is 9.47 Å². The normalized spacial score (nSPS) is 28.1. The van der Waals surface area contributed by atoms with Crippen molar-refractivity contribution in [2.24, 2.45) is 11.3 Å². The van der Waals surface area contributed by atoms with E-state index in [1.165, 1.54) is 0 Å². The van der Waals surface area contributed by atoms with E-state index in [0.29, 0.717) is 12.5 Å². The minimum Gasteiger partial charge on any atom is -0.344 e. The van der Waals surface area contributed by atoms with Gasteiger partial charge in [-0.2, -0.15) is 0 Å². The molecule has 4 nitrogen and oxygen atoms in total. The molecule has 1 aromatic heterocycles. The van der Waals surface area contributed by atoms with Crippen LogP contribution in [0.3, 0.4) is 0 Å². The maximum absolute atomic E-state index is 11.7. The van der Waals surface area contributed by atoms with E-state index in [1.54, 1.807) is 16.7 Å². The molecule has 0 bridgehead atoms. The average molecular weight is 248 g/mol. The molecule has 1 aromatic rings. The van der Waals surface area contributed by atoms with Crippen molar-refractivity contribution < 1.29 is 4.79 Å². The summed E-state index contributed by atoms with van der Waals surface area (Å²) in [6.45, 7) is 6.52. The molecule has 18 heavy (non-hydrogen) atoms. The zero-order valence-corrected chi connectivity index (χ0v) is 11.0. The third kappa shape index (κ3) is 2.81. The van der Waals surface area contributed by atoms with Gasteiger partial charge in [0.15, 0.2) is 0 Å². The van der Waals surface area contributed by atoms with E-state index < -0.39 is 0 Å². The molecule has 2 atom stereocenters. The zero-order chi connectivity index (χ0) is 13.2. The highest BCUT2D eigenvalue weighted by molar-refractivity contribution is 5.47. The molecule has 0 aliphatic carbocycles. The van der Waals surface area contributed by atoms with Crippen LogP contribution in [0.4, 0.5) is 0 Å². The maximum atomic E-state index is 11.7. The summed E-state index contributed by atoms with van der Waals surface area (Å²) < 4.78 is 1.74. The third-order valence-electron chi connectivity index (χ3n) is 3.57. The predicted molar refractivity (Wildman–Crippen MR) is 70.2 cm³/mol. The number of hydrogen-bond acceptors (Lipinski definition) is 2. The van der Waals surface area contributed by atoms with Gasteiger partial charge in [0, 0.05) is 37.3 Å². The lowest BCUT2D eigenvalue weighted by Gasteiger charge is -2.42. The Bertz CT molecular complexity index is 483. The first-order valence-electron chi connectivity index (χ1n) is 6.37. The second-order valence-electron chi connectivity index (χ2n) is 5.82. The quantitative estimate of drug-likeness (QED) is 0.758. The molecule has 1 unspecified atom stereocenters. The molecule has 2 heterocycles. The molecular formula is C14H20N2O2. The van der Waals surface area contributed by atoms with Gasteiger partial charge in [-0.1, -0.05) is 19.9 Å². The van der Waals surface area contributed by atoms with Crippen LogP contribution in [0.15, 0.2) is 29.2 Å². The molecule has 4 heteroatoms. The van der Waals surface area contributed by atoms with Crippen LogP contribution in [0.1, 0.15) is 20.3 Å². The van der Waals surface area contributed by atoms with Gasteiger partial charge in [-0.05, 0) is 18.4 Å². The van der Waals surface area contributed by atoms with Gasteiger partial charge in [-0.15, -0.1) is 0 Å². The van der Waals surface area contributed by atoms with Crippen LogP contribution >= 0.6 is 0 Å². The first-order valence-corrected chi connectivity index (χ1v) is 6.37. The summed E-state index contributed by atoms with van der Waals surface area (Å²) >= 11 is 0. The number of aromatic nitrogens is 1. The van der Waals surface area contributed by atoms with Crippen molar-refractivity contribution in [1.29, 1.82) is 0 Å². The Morgan fingerprint density at radius 1 is 1.50 bits per heavy atom. The smallest absolute Gasteiger partial charge is 0.250 e. The molecule has 0 radical (unpaired) electrons. The first-order chi connectivity index (χ1) is 8.52. The second kappa shape index (κ2) is 4.96. The van der Waals surface area contributed by atoms with E-state index in [4.69, 9.17) is 0 Å². The zero-order valence-electron chi connectivity index (χ0n) is 11.0. The molecule has 0 saturated carbocycles. The van der Waals surface area contributed by atoms with Gasteiger partial charge >= 0.3 is 0 Å². The predicted octanol–water partition coefficient (Wildman–Crippen LogP) is 1.35. The van der Waals surface area contributed by atoms with Crippen molar-refractivity contribution in [2.45, 2.75) is 26.8 Å². The minimum absolute atomic E-state index is 0.0228. The number of rotatable bonds is 3. The van der Waals surface area contributed by atoms with Crippen molar-refractivity contribution in [3.63, 3.8) is 0 Å². The molecule has 0 N–H and O–H groups in total. The van der Waals surface area contributed by atoms with Crippen molar-refractivity contribution in [2.75, 3.05) is 13.1 Å². The molecule has 2 rings (SSSR count). The van der Waals surface area contributed by atoms with E-state index in [9.17, 15) is 9.59 Å². The van der Waals surface area contributed by atoms with Gasteiger partial charge in [0.05, 0.1) is 0 Å². The fourth-order valence-corrected chi connectivity index (χ4v) is 3.12. The lowest BCUT2D eigenvalue weighted by Crippen LogP contribution is -2.47. The number of carbonyl (C=O) groups is 1. The third-order valence-corrected chi connectivity index (χ3v) is 3.57. The van der Waals surface area contributed by atoms with E-state index in [2.05, 4.69) is 13.8 Å². The monoisotopic (exact) mass is 248 g/mol. The Morgan fingerprint density at radius 2 is 2.28 bits per heavy atom. The minimum atomic E-state index is -0.0241. The average Bonchev–Trinajstić information content (AvgIpc) is 2.30. The highest BCUT2D eigenvalue weighted by Crippen LogP contribution is 2.33. The van der Waals surface area contributed by atoms with E-state index in [1.807, 2.05) is 17.2 Å². The summed E-state index contributed by atoms with van der Waals surface area (Å²) in [7, 11) is 0. The summed E-state index contributed by atoms with van der Waals surface area (Å²) in [5, 5.41) is 0. The summed E-state index contributed by atoms with van der Waals surface area (Å²) in [6, 6.07) is 5.20. The lowest BCUT2D eigenvalue weighted by atomic mass is 9.77. The highest BCUT2D eigenvalue weighted by atomic mass is 16.1. The summed E-state index contributed by atoms with van der Waals surface area (Å²) in [5.74, 6) is 0.480. The molecule has 0 spiro atoms. The van der Waals surface area contributed by atoms with Crippen molar-refractivity contribution in [3.8, 4) is 0 Å². The van der Waals surface area contributed by atoms with E-state index in [-0.39, 0.29) is 11.0 Å². The number of amides is 1. The maximum Gasteiger partial charge on any atom is 0.250 e. The summed E-state index contributed by atoms with van der Waals surface area (Å²) in [4.78, 5) is 24.5. The van der Waals surface area contributed by atoms with Gasteiger partial charge in [0.25, 0.3) is 5.56 Å². The van der Waals surface area contributed by atoms with Gasteiger partial charge in [-0.3, -0.25) is 9.59 Å². The molecule has 1 saturated heterocycles. The van der Waals surface area contributed by atoms with Gasteiger partial charge < -0.3 is 9.47 Å². The Labute approximate surface area is 107 Å². The second-order valence-corrected chi connectivity index (χ2v) is 5.82. The number of likely N-dealkylation sites (tertiary alicyclic amines) is 1. The number of piperidine rings is 1. The molecule has 98 valence electrons. The topological polar surface area (TPSA) is 42.3 Å². The number of nitrogens with zero attached hydrogens (tertiary/aromatic N) is 2. The Balaban J connectivity index is 2.18. The van der Waals surface area contributed by atoms with Crippen LogP contribution < -0.4 is 5.56 Å². The summed E-state index contributed by atoms with van der Waals surface area (Å²) in [5.41, 5.74) is -0.00127. The van der Waals surface area contributed by atoms with Crippen LogP contribution in [-0.4, -0.2) is 29.0 Å². The van der Waals surface area contributed by atoms with Crippen LogP contribution in [0.5, 0.6) is 0 Å². The van der Waals surface area contributed by atoms with Crippen LogP contribution in [0, 0.1) is 11.3 Å². The SMILES string of the molecule is CC1CN(C=O)C[C@@](C)(Cn2ccccc2=O)C1. The highest BCUT2D eigenvalue weighted by Gasteiger charge is 2.34. The van der Waals surface area contributed by atoms with Gasteiger partial charge in [0.1, 0.15) is 0 Å². The van der Waals surface area contributed by atoms with Gasteiger partial charge in [-0.25, -0.2) is 0 Å². The molecule has 0 aromatic carbocycles. The Kier molecular flexibility index (Phi) is 3.55. The number of pyridine rings is 1. The summed E-state index contributed by atoms with van der Waals surface area (Å²) in [6.07, 6.45) is 3.78. The largest absolute Gasteiger partial charge is 0.344 e. The fraction of sp³-hybridized carbons (Fsp3) is 0.571. The molecule has 1 amide bonds. The number of hydrogen-bond donors (Lipinski definition) is 0.